The van der Waals surface area contributed by atoms with Gasteiger partial charge in [0, 0.05) is 29.8 Å². The van der Waals surface area contributed by atoms with Crippen LogP contribution in [0.25, 0.3) is 0 Å². The molecule has 2 aromatic carbocycles. The summed E-state index contributed by atoms with van der Waals surface area (Å²) in [6.45, 7) is 2.09. The van der Waals surface area contributed by atoms with Crippen molar-refractivity contribution in [2.24, 2.45) is 0 Å². The molecule has 140 valence electrons. The van der Waals surface area contributed by atoms with E-state index < -0.39 is 7.60 Å². The fourth-order valence-corrected chi connectivity index (χ4v) is 4.88. The minimum Gasteiger partial charge on any atom is -0.312 e. The van der Waals surface area contributed by atoms with Crippen LogP contribution in [0.3, 0.4) is 0 Å². The monoisotopic (exact) mass is 486 g/mol. The van der Waals surface area contributed by atoms with Crippen LogP contribution in [0.4, 0.5) is 0 Å². The van der Waals surface area contributed by atoms with Crippen molar-refractivity contribution in [2.45, 2.75) is 31.8 Å². The molecule has 0 fully saturated rings. The normalized spacial score (nSPS) is 12.8. The third kappa shape index (κ3) is 5.26. The number of rotatable bonds is 9. The molecule has 1 atom stereocenters. The molecular formula is C20H24IO4P. The number of hydrogen-bond acceptors (Lipinski definition) is 4. The van der Waals surface area contributed by atoms with Crippen LogP contribution < -0.4 is 0 Å². The molecule has 0 N–H and O–H groups in total. The van der Waals surface area contributed by atoms with E-state index in [9.17, 15) is 9.36 Å². The zero-order valence-electron chi connectivity index (χ0n) is 15.3. The molecule has 0 spiro atoms. The van der Waals surface area contributed by atoms with Crippen molar-refractivity contribution in [3.8, 4) is 0 Å². The van der Waals surface area contributed by atoms with Crippen molar-refractivity contribution in [1.82, 2.24) is 0 Å². The average molecular weight is 486 g/mol. The van der Waals surface area contributed by atoms with E-state index in [1.54, 1.807) is 6.07 Å². The van der Waals surface area contributed by atoms with E-state index in [0.29, 0.717) is 17.5 Å². The molecule has 0 aliphatic carbocycles. The van der Waals surface area contributed by atoms with Crippen LogP contribution in [0.5, 0.6) is 0 Å². The molecule has 0 bridgehead atoms. The van der Waals surface area contributed by atoms with Crippen molar-refractivity contribution in [2.75, 3.05) is 14.2 Å². The third-order valence-corrected chi connectivity index (χ3v) is 7.33. The molecule has 6 heteroatoms. The summed E-state index contributed by atoms with van der Waals surface area (Å²) in [6.07, 6.45) is 1.38. The van der Waals surface area contributed by atoms with E-state index in [2.05, 4.69) is 41.6 Å². The Hall–Kier alpha value is -1.01. The van der Waals surface area contributed by atoms with Crippen LogP contribution >= 0.6 is 30.2 Å². The molecular weight excluding hydrogens is 462 g/mol. The molecule has 4 nitrogen and oxygen atoms in total. The average Bonchev–Trinajstić information content (AvgIpc) is 2.67. The first-order valence-corrected chi connectivity index (χ1v) is 11.3. The van der Waals surface area contributed by atoms with Gasteiger partial charge in [0.25, 0.3) is 0 Å². The summed E-state index contributed by atoms with van der Waals surface area (Å²) < 4.78 is 23.7. The van der Waals surface area contributed by atoms with Gasteiger partial charge in [0.15, 0.2) is 5.78 Å². The van der Waals surface area contributed by atoms with E-state index in [-0.39, 0.29) is 17.9 Å². The maximum Gasteiger partial charge on any atom is 0.334 e. The van der Waals surface area contributed by atoms with Gasteiger partial charge in [0.05, 0.1) is 6.16 Å². The molecule has 26 heavy (non-hydrogen) atoms. The highest BCUT2D eigenvalue weighted by atomic mass is 127. The van der Waals surface area contributed by atoms with Crippen molar-refractivity contribution < 1.29 is 18.4 Å². The van der Waals surface area contributed by atoms with Gasteiger partial charge in [0.1, 0.15) is 0 Å². The lowest BCUT2D eigenvalue weighted by atomic mass is 9.88. The summed E-state index contributed by atoms with van der Waals surface area (Å²) in [6, 6.07) is 15.4. The summed E-state index contributed by atoms with van der Waals surface area (Å²) in [5, 5.41) is 0. The van der Waals surface area contributed by atoms with Crippen LogP contribution in [0.1, 0.15) is 47.2 Å². The second-order valence-electron chi connectivity index (χ2n) is 6.05. The quantitative estimate of drug-likeness (QED) is 0.246. The van der Waals surface area contributed by atoms with Gasteiger partial charge >= 0.3 is 7.60 Å². The maximum atomic E-state index is 13.0. The summed E-state index contributed by atoms with van der Waals surface area (Å²) in [5.74, 6) is 0.200. The number of carbonyl (C=O) groups is 1. The van der Waals surface area contributed by atoms with E-state index in [1.807, 2.05) is 30.3 Å². The summed E-state index contributed by atoms with van der Waals surface area (Å²) in [4.78, 5) is 13.0. The standard InChI is InChI=1S/C20H24IO4P/c1-4-15(17-10-7-8-12-19(17)21)13-20(22)18-11-6-5-9-16(18)14-26(23,24-2)25-3/h5-12,15H,4,13-14H2,1-3H3. The van der Waals surface area contributed by atoms with E-state index in [4.69, 9.17) is 9.05 Å². The molecule has 0 aliphatic rings. The van der Waals surface area contributed by atoms with Crippen LogP contribution in [0.15, 0.2) is 48.5 Å². The molecule has 2 aromatic rings. The highest BCUT2D eigenvalue weighted by Gasteiger charge is 2.26. The first-order valence-electron chi connectivity index (χ1n) is 8.50. The molecule has 0 saturated heterocycles. The summed E-state index contributed by atoms with van der Waals surface area (Å²) >= 11 is 2.31. The number of carbonyl (C=O) groups excluding carboxylic acids is 1. The predicted octanol–water partition coefficient (Wildman–Crippen LogP) is 6.04. The van der Waals surface area contributed by atoms with Crippen molar-refractivity contribution in [3.63, 3.8) is 0 Å². The topological polar surface area (TPSA) is 52.6 Å². The van der Waals surface area contributed by atoms with Crippen LogP contribution in [-0.4, -0.2) is 20.0 Å². The Balaban J connectivity index is 2.27. The van der Waals surface area contributed by atoms with Crippen LogP contribution in [0, 0.1) is 3.57 Å². The fourth-order valence-electron chi connectivity index (χ4n) is 2.96. The lowest BCUT2D eigenvalue weighted by molar-refractivity contribution is 0.0972. The SMILES string of the molecule is CCC(CC(=O)c1ccccc1CP(=O)(OC)OC)c1ccccc1I. The lowest BCUT2D eigenvalue weighted by Gasteiger charge is -2.19. The van der Waals surface area contributed by atoms with E-state index in [0.717, 1.165) is 6.42 Å². The maximum absolute atomic E-state index is 13.0. The Morgan fingerprint density at radius 1 is 1.08 bits per heavy atom. The van der Waals surface area contributed by atoms with Gasteiger partial charge < -0.3 is 9.05 Å². The highest BCUT2D eigenvalue weighted by molar-refractivity contribution is 14.1. The van der Waals surface area contributed by atoms with Gasteiger partial charge in [0.2, 0.25) is 0 Å². The molecule has 1 unspecified atom stereocenters. The smallest absolute Gasteiger partial charge is 0.312 e. The first-order chi connectivity index (χ1) is 12.4. The minimum absolute atomic E-state index is 0.0471. The molecule has 0 aliphatic heterocycles. The van der Waals surface area contributed by atoms with Crippen LogP contribution in [-0.2, 0) is 19.8 Å². The number of halogens is 1. The highest BCUT2D eigenvalue weighted by Crippen LogP contribution is 2.50. The number of Topliss-reactive ketones (excluding diaryl/α,β-unsaturated/α-hetero) is 1. The Labute approximate surface area is 169 Å². The zero-order valence-corrected chi connectivity index (χ0v) is 18.3. The third-order valence-electron chi connectivity index (χ3n) is 4.51. The van der Waals surface area contributed by atoms with Gasteiger partial charge in [-0.2, -0.15) is 0 Å². The van der Waals surface area contributed by atoms with Gasteiger partial charge in [-0.05, 0) is 52.1 Å². The number of hydrogen-bond donors (Lipinski definition) is 0. The summed E-state index contributed by atoms with van der Waals surface area (Å²) in [5.41, 5.74) is 2.48. The number of ketones is 1. The molecule has 0 saturated carbocycles. The van der Waals surface area contributed by atoms with Gasteiger partial charge in [-0.25, -0.2) is 0 Å². The zero-order chi connectivity index (χ0) is 19.2. The molecule has 0 heterocycles. The Morgan fingerprint density at radius 2 is 1.69 bits per heavy atom. The summed E-state index contributed by atoms with van der Waals surface area (Å²) in [7, 11) is -0.510. The largest absolute Gasteiger partial charge is 0.334 e. The van der Waals surface area contributed by atoms with Gasteiger partial charge in [-0.15, -0.1) is 0 Å². The molecule has 0 aromatic heterocycles. The van der Waals surface area contributed by atoms with Crippen molar-refractivity contribution >= 4 is 36.0 Å². The molecule has 0 amide bonds. The van der Waals surface area contributed by atoms with Crippen molar-refractivity contribution in [1.29, 1.82) is 0 Å². The fraction of sp³-hybridized carbons (Fsp3) is 0.350. The van der Waals surface area contributed by atoms with E-state index in [1.165, 1.54) is 23.4 Å². The second-order valence-corrected chi connectivity index (χ2v) is 9.48. The molecule has 2 rings (SSSR count). The second kappa shape index (κ2) is 9.79. The van der Waals surface area contributed by atoms with E-state index >= 15 is 0 Å². The number of benzene rings is 2. The lowest BCUT2D eigenvalue weighted by Crippen LogP contribution is -2.11. The Morgan fingerprint density at radius 3 is 2.31 bits per heavy atom. The van der Waals surface area contributed by atoms with Gasteiger partial charge in [-0.1, -0.05) is 49.4 Å². The first kappa shape index (κ1) is 21.3. The molecule has 0 radical (unpaired) electrons. The minimum atomic E-state index is -3.23. The van der Waals surface area contributed by atoms with Crippen LogP contribution in [0.2, 0.25) is 0 Å². The predicted molar refractivity (Wildman–Crippen MR) is 113 cm³/mol. The van der Waals surface area contributed by atoms with Gasteiger partial charge in [-0.3, -0.25) is 9.36 Å². The Bertz CT molecular complexity index is 798. The Kier molecular flexibility index (Phi) is 8.02. The van der Waals surface area contributed by atoms with Crippen molar-refractivity contribution in [3.05, 3.63) is 68.8 Å².